The van der Waals surface area contributed by atoms with Crippen LogP contribution in [0.5, 0.6) is 0 Å². The van der Waals surface area contributed by atoms with E-state index in [1.54, 1.807) is 0 Å². The van der Waals surface area contributed by atoms with E-state index >= 15 is 0 Å². The topological polar surface area (TPSA) is 41.1 Å². The van der Waals surface area contributed by atoms with E-state index in [-0.39, 0.29) is 0 Å². The zero-order valence-electron chi connectivity index (χ0n) is 13.9. The molecule has 1 aromatic heterocycles. The molecular formula is C16H30N4. The van der Waals surface area contributed by atoms with Crippen LogP contribution in [-0.4, -0.2) is 29.6 Å². The molecular weight excluding hydrogens is 248 g/mol. The number of nitrogens with one attached hydrogen (secondary N) is 1. The predicted octanol–water partition coefficient (Wildman–Crippen LogP) is 3.01. The predicted molar refractivity (Wildman–Crippen MR) is 86.0 cm³/mol. The molecule has 0 aliphatic rings. The summed E-state index contributed by atoms with van der Waals surface area (Å²) in [5.74, 6) is 2.13. The van der Waals surface area contributed by atoms with Crippen molar-refractivity contribution in [3.63, 3.8) is 0 Å². The van der Waals surface area contributed by atoms with Crippen LogP contribution in [0.25, 0.3) is 0 Å². The minimum absolute atomic E-state index is 0.617. The summed E-state index contributed by atoms with van der Waals surface area (Å²) in [5.41, 5.74) is 2.27. The number of rotatable bonds is 8. The molecule has 0 radical (unpaired) electrons. The summed E-state index contributed by atoms with van der Waals surface area (Å²) in [5, 5.41) is 3.44. The second kappa shape index (κ2) is 8.20. The molecule has 1 heterocycles. The largest absolute Gasteiger partial charge is 0.341 e. The standard InChI is InChI=1S/C16H30N4/c1-7-20(11-13(4)5)16-18-10-15(14(6)19-16)9-17-8-12(2)3/h10,12-13,17H,7-9,11H2,1-6H3. The molecule has 1 aromatic rings. The van der Waals surface area contributed by atoms with Gasteiger partial charge in [0.05, 0.1) is 0 Å². The van der Waals surface area contributed by atoms with Gasteiger partial charge in [0, 0.05) is 37.1 Å². The van der Waals surface area contributed by atoms with Crippen LogP contribution in [0.1, 0.15) is 45.9 Å². The first-order valence-electron chi connectivity index (χ1n) is 7.72. The third-order valence-electron chi connectivity index (χ3n) is 3.19. The number of nitrogens with zero attached hydrogens (tertiary/aromatic N) is 3. The van der Waals surface area contributed by atoms with Crippen molar-refractivity contribution >= 4 is 5.95 Å². The molecule has 0 aliphatic carbocycles. The molecule has 114 valence electrons. The van der Waals surface area contributed by atoms with Crippen molar-refractivity contribution in [2.75, 3.05) is 24.5 Å². The van der Waals surface area contributed by atoms with Crippen LogP contribution < -0.4 is 10.2 Å². The summed E-state index contributed by atoms with van der Waals surface area (Å²) in [4.78, 5) is 11.4. The van der Waals surface area contributed by atoms with Crippen LogP contribution >= 0.6 is 0 Å². The van der Waals surface area contributed by atoms with Gasteiger partial charge in [-0.25, -0.2) is 9.97 Å². The lowest BCUT2D eigenvalue weighted by Gasteiger charge is -2.23. The van der Waals surface area contributed by atoms with Gasteiger partial charge in [-0.05, 0) is 32.2 Å². The fourth-order valence-electron chi connectivity index (χ4n) is 2.09. The highest BCUT2D eigenvalue weighted by Gasteiger charge is 2.11. The van der Waals surface area contributed by atoms with Gasteiger partial charge in [-0.2, -0.15) is 0 Å². The summed E-state index contributed by atoms with van der Waals surface area (Å²) < 4.78 is 0. The van der Waals surface area contributed by atoms with Crippen molar-refractivity contribution in [2.24, 2.45) is 11.8 Å². The van der Waals surface area contributed by atoms with E-state index in [1.807, 2.05) is 6.20 Å². The zero-order chi connectivity index (χ0) is 15.1. The normalized spacial score (nSPS) is 11.4. The molecule has 0 fully saturated rings. The second-order valence-corrected chi connectivity index (χ2v) is 6.24. The average molecular weight is 278 g/mol. The molecule has 0 amide bonds. The van der Waals surface area contributed by atoms with Crippen molar-refractivity contribution in [3.05, 3.63) is 17.5 Å². The first-order valence-corrected chi connectivity index (χ1v) is 7.72. The molecule has 20 heavy (non-hydrogen) atoms. The molecule has 4 heteroatoms. The van der Waals surface area contributed by atoms with Crippen LogP contribution in [0.15, 0.2) is 6.20 Å². The van der Waals surface area contributed by atoms with Gasteiger partial charge >= 0.3 is 0 Å². The summed E-state index contributed by atoms with van der Waals surface area (Å²) in [6, 6.07) is 0. The Kier molecular flexibility index (Phi) is 6.93. The molecule has 1 N–H and O–H groups in total. The van der Waals surface area contributed by atoms with E-state index in [2.05, 4.69) is 61.7 Å². The van der Waals surface area contributed by atoms with Crippen LogP contribution in [-0.2, 0) is 6.54 Å². The molecule has 0 atom stereocenters. The first kappa shape index (κ1) is 16.9. The fraction of sp³-hybridized carbons (Fsp3) is 0.750. The van der Waals surface area contributed by atoms with Gasteiger partial charge in [-0.3, -0.25) is 0 Å². The average Bonchev–Trinajstić information content (AvgIpc) is 2.37. The molecule has 0 unspecified atom stereocenters. The summed E-state index contributed by atoms with van der Waals surface area (Å²) in [6.45, 7) is 16.9. The van der Waals surface area contributed by atoms with E-state index in [0.29, 0.717) is 11.8 Å². The van der Waals surface area contributed by atoms with Gasteiger partial charge in [-0.1, -0.05) is 27.7 Å². The molecule has 0 bridgehead atoms. The minimum atomic E-state index is 0.617. The van der Waals surface area contributed by atoms with E-state index in [0.717, 1.165) is 37.8 Å². The number of aromatic nitrogens is 2. The van der Waals surface area contributed by atoms with E-state index in [1.165, 1.54) is 5.56 Å². The van der Waals surface area contributed by atoms with Crippen molar-refractivity contribution in [2.45, 2.75) is 48.1 Å². The monoisotopic (exact) mass is 278 g/mol. The first-order chi connectivity index (χ1) is 9.43. The fourth-order valence-corrected chi connectivity index (χ4v) is 2.09. The SMILES string of the molecule is CCN(CC(C)C)c1ncc(CNCC(C)C)c(C)n1. The summed E-state index contributed by atoms with van der Waals surface area (Å²) >= 11 is 0. The van der Waals surface area contributed by atoms with E-state index in [4.69, 9.17) is 0 Å². The molecule has 1 rings (SSSR count). The number of anilines is 1. The lowest BCUT2D eigenvalue weighted by molar-refractivity contribution is 0.549. The molecule has 0 aromatic carbocycles. The van der Waals surface area contributed by atoms with Crippen LogP contribution in [0, 0.1) is 18.8 Å². The van der Waals surface area contributed by atoms with E-state index < -0.39 is 0 Å². The molecule has 0 spiro atoms. The quantitative estimate of drug-likeness (QED) is 0.793. The summed E-state index contributed by atoms with van der Waals surface area (Å²) in [6.07, 6.45) is 1.97. The Balaban J connectivity index is 2.71. The minimum Gasteiger partial charge on any atom is -0.341 e. The van der Waals surface area contributed by atoms with Crippen molar-refractivity contribution in [1.82, 2.24) is 15.3 Å². The van der Waals surface area contributed by atoms with Crippen molar-refractivity contribution < 1.29 is 0 Å². The molecule has 0 saturated carbocycles. The van der Waals surface area contributed by atoms with E-state index in [9.17, 15) is 0 Å². The van der Waals surface area contributed by atoms with Gasteiger partial charge < -0.3 is 10.2 Å². The number of hydrogen-bond acceptors (Lipinski definition) is 4. The highest BCUT2D eigenvalue weighted by Crippen LogP contribution is 2.13. The molecule has 4 nitrogen and oxygen atoms in total. The Hall–Kier alpha value is -1.16. The van der Waals surface area contributed by atoms with Gasteiger partial charge in [0.1, 0.15) is 0 Å². The number of hydrogen-bond donors (Lipinski definition) is 1. The highest BCUT2D eigenvalue weighted by atomic mass is 15.2. The maximum atomic E-state index is 4.67. The maximum absolute atomic E-state index is 4.67. The Morgan fingerprint density at radius 2 is 1.90 bits per heavy atom. The van der Waals surface area contributed by atoms with Gasteiger partial charge in [0.15, 0.2) is 0 Å². The Labute approximate surface area is 124 Å². The molecule has 0 saturated heterocycles. The maximum Gasteiger partial charge on any atom is 0.225 e. The van der Waals surface area contributed by atoms with Gasteiger partial charge in [0.25, 0.3) is 0 Å². The Bertz CT molecular complexity index is 401. The third-order valence-corrected chi connectivity index (χ3v) is 3.19. The number of aryl methyl sites for hydroxylation is 1. The highest BCUT2D eigenvalue weighted by molar-refractivity contribution is 5.32. The van der Waals surface area contributed by atoms with Gasteiger partial charge in [0.2, 0.25) is 5.95 Å². The van der Waals surface area contributed by atoms with Crippen LogP contribution in [0.3, 0.4) is 0 Å². The lowest BCUT2D eigenvalue weighted by atomic mass is 10.2. The van der Waals surface area contributed by atoms with Crippen LogP contribution in [0.2, 0.25) is 0 Å². The third kappa shape index (κ3) is 5.45. The van der Waals surface area contributed by atoms with Crippen molar-refractivity contribution in [1.29, 1.82) is 0 Å². The summed E-state index contributed by atoms with van der Waals surface area (Å²) in [7, 11) is 0. The van der Waals surface area contributed by atoms with Gasteiger partial charge in [-0.15, -0.1) is 0 Å². The molecule has 0 aliphatic heterocycles. The van der Waals surface area contributed by atoms with Crippen molar-refractivity contribution in [3.8, 4) is 0 Å². The Morgan fingerprint density at radius 3 is 2.40 bits per heavy atom. The Morgan fingerprint density at radius 1 is 1.20 bits per heavy atom. The van der Waals surface area contributed by atoms with Crippen LogP contribution in [0.4, 0.5) is 5.95 Å². The second-order valence-electron chi connectivity index (χ2n) is 6.24. The zero-order valence-corrected chi connectivity index (χ0v) is 13.9. The smallest absolute Gasteiger partial charge is 0.225 e. The lowest BCUT2D eigenvalue weighted by Crippen LogP contribution is -2.29.